The maximum absolute atomic E-state index is 12.5. The number of hydrogen-bond donors (Lipinski definition) is 3. The smallest absolute Gasteiger partial charge is 0.399 e. The summed E-state index contributed by atoms with van der Waals surface area (Å²) >= 11 is 0. The van der Waals surface area contributed by atoms with Crippen molar-refractivity contribution in [2.24, 2.45) is 5.92 Å². The number of nitrogens with one attached hydrogen (secondary N) is 3. The standard InChI is InChI=1S/C34H47BN6O4/c1-33(2)34(3,4)45-35(44-33)23-9-11-24(12-10-23)39-19-21-40(22-20-39)25-15-17-41(18-16-25)28-8-6-7-26(31(28)37-5)30(36)27-13-14-29(42)38-32(27)43/h6-12,25,27,36-37H,13-22H2,1-5H3,(H,38,42,43). The lowest BCUT2D eigenvalue weighted by molar-refractivity contribution is -0.134. The lowest BCUT2D eigenvalue weighted by Crippen LogP contribution is -2.53. The van der Waals surface area contributed by atoms with Crippen LogP contribution >= 0.6 is 0 Å². The van der Waals surface area contributed by atoms with Gasteiger partial charge in [-0.1, -0.05) is 24.3 Å². The van der Waals surface area contributed by atoms with Crippen molar-refractivity contribution in [2.45, 2.75) is 70.6 Å². The molecule has 2 aromatic carbocycles. The topological polar surface area (TPSA) is 110 Å². The molecule has 0 aromatic heterocycles. The fourth-order valence-corrected chi connectivity index (χ4v) is 7.09. The molecule has 4 aliphatic heterocycles. The molecule has 4 fully saturated rings. The maximum Gasteiger partial charge on any atom is 0.494 e. The van der Waals surface area contributed by atoms with Gasteiger partial charge in [-0.05, 0) is 70.6 Å². The number of anilines is 3. The summed E-state index contributed by atoms with van der Waals surface area (Å²) in [6.45, 7) is 14.3. The Morgan fingerprint density at radius 3 is 2.13 bits per heavy atom. The van der Waals surface area contributed by atoms with Crippen LogP contribution in [0.25, 0.3) is 0 Å². The van der Waals surface area contributed by atoms with Crippen molar-refractivity contribution in [3.63, 3.8) is 0 Å². The zero-order chi connectivity index (χ0) is 31.9. The van der Waals surface area contributed by atoms with Crippen LogP contribution in [0.3, 0.4) is 0 Å². The van der Waals surface area contributed by atoms with Crippen molar-refractivity contribution in [1.82, 2.24) is 10.2 Å². The van der Waals surface area contributed by atoms with E-state index in [0.717, 1.165) is 74.5 Å². The fraction of sp³-hybridized carbons (Fsp3) is 0.559. The molecule has 2 amide bonds. The Bertz CT molecular complexity index is 1410. The van der Waals surface area contributed by atoms with Crippen LogP contribution in [0.5, 0.6) is 0 Å². The first kappa shape index (κ1) is 31.6. The minimum absolute atomic E-state index is 0.260. The second kappa shape index (κ2) is 12.4. The van der Waals surface area contributed by atoms with Crippen molar-refractivity contribution in [3.05, 3.63) is 48.0 Å². The second-order valence-electron chi connectivity index (χ2n) is 13.8. The Kier molecular flexibility index (Phi) is 8.71. The van der Waals surface area contributed by atoms with Crippen LogP contribution in [0, 0.1) is 11.3 Å². The van der Waals surface area contributed by atoms with Gasteiger partial charge >= 0.3 is 7.12 Å². The van der Waals surface area contributed by atoms with Gasteiger partial charge in [-0.3, -0.25) is 19.8 Å². The number of amides is 2. The van der Waals surface area contributed by atoms with E-state index in [9.17, 15) is 9.59 Å². The molecule has 0 aliphatic carbocycles. The van der Waals surface area contributed by atoms with Crippen molar-refractivity contribution in [3.8, 4) is 0 Å². The van der Waals surface area contributed by atoms with Gasteiger partial charge in [0, 0.05) is 70.0 Å². The van der Waals surface area contributed by atoms with E-state index in [1.54, 1.807) is 0 Å². The molecule has 2 aromatic rings. The summed E-state index contributed by atoms with van der Waals surface area (Å²) in [7, 11) is 1.54. The molecule has 0 bridgehead atoms. The van der Waals surface area contributed by atoms with Crippen molar-refractivity contribution in [2.75, 3.05) is 61.4 Å². The minimum Gasteiger partial charge on any atom is -0.399 e. The molecule has 6 rings (SSSR count). The summed E-state index contributed by atoms with van der Waals surface area (Å²) in [5, 5.41) is 14.6. The summed E-state index contributed by atoms with van der Waals surface area (Å²) in [4.78, 5) is 31.6. The number of piperidine rings is 2. The average molecular weight is 615 g/mol. The van der Waals surface area contributed by atoms with Gasteiger partial charge in [-0.25, -0.2) is 0 Å². The van der Waals surface area contributed by atoms with Gasteiger partial charge in [0.2, 0.25) is 11.8 Å². The molecule has 11 heteroatoms. The third kappa shape index (κ3) is 6.22. The fourth-order valence-electron chi connectivity index (χ4n) is 7.09. The van der Waals surface area contributed by atoms with Crippen LogP contribution < -0.4 is 25.9 Å². The lowest BCUT2D eigenvalue weighted by Gasteiger charge is -2.44. The molecular formula is C34H47BN6O4. The molecule has 1 atom stereocenters. The number of carbonyl (C=O) groups is 2. The first-order chi connectivity index (χ1) is 21.5. The lowest BCUT2D eigenvalue weighted by atomic mass is 9.79. The zero-order valence-electron chi connectivity index (χ0n) is 27.3. The minimum atomic E-state index is -0.609. The number of piperazine rings is 1. The zero-order valence-corrected chi connectivity index (χ0v) is 27.3. The molecular weight excluding hydrogens is 567 g/mol. The Morgan fingerprint density at radius 1 is 0.889 bits per heavy atom. The van der Waals surface area contributed by atoms with Crippen molar-refractivity contribution >= 4 is 47.2 Å². The Hall–Kier alpha value is -3.41. The monoisotopic (exact) mass is 614 g/mol. The van der Waals surface area contributed by atoms with E-state index in [-0.39, 0.29) is 42.3 Å². The Labute approximate surface area is 267 Å². The molecule has 0 saturated carbocycles. The predicted octanol–water partition coefficient (Wildman–Crippen LogP) is 3.24. The van der Waals surface area contributed by atoms with Crippen LogP contribution in [-0.2, 0) is 18.9 Å². The van der Waals surface area contributed by atoms with E-state index >= 15 is 0 Å². The number of benzene rings is 2. The molecule has 4 heterocycles. The first-order valence-electron chi connectivity index (χ1n) is 16.4. The number of nitrogens with zero attached hydrogens (tertiary/aromatic N) is 3. The van der Waals surface area contributed by atoms with Gasteiger partial charge in [0.1, 0.15) is 0 Å². The molecule has 3 N–H and O–H groups in total. The summed E-state index contributed by atoms with van der Waals surface area (Å²) in [6, 6.07) is 15.2. The quantitative estimate of drug-likeness (QED) is 0.248. The second-order valence-corrected chi connectivity index (χ2v) is 13.8. The molecule has 240 valence electrons. The highest BCUT2D eigenvalue weighted by Gasteiger charge is 2.51. The van der Waals surface area contributed by atoms with E-state index in [0.29, 0.717) is 12.5 Å². The average Bonchev–Trinajstić information content (AvgIpc) is 3.26. The Balaban J connectivity index is 1.03. The third-order valence-corrected chi connectivity index (χ3v) is 10.6. The van der Waals surface area contributed by atoms with E-state index < -0.39 is 5.92 Å². The predicted molar refractivity (Wildman–Crippen MR) is 180 cm³/mol. The van der Waals surface area contributed by atoms with Crippen molar-refractivity contribution in [1.29, 1.82) is 5.41 Å². The number of rotatable bonds is 7. The van der Waals surface area contributed by atoms with Crippen LogP contribution in [0.1, 0.15) is 58.9 Å². The Morgan fingerprint density at radius 2 is 1.53 bits per heavy atom. The normalized spacial score (nSPS) is 24.1. The molecule has 4 aliphatic rings. The summed E-state index contributed by atoms with van der Waals surface area (Å²) < 4.78 is 12.5. The van der Waals surface area contributed by atoms with Crippen LogP contribution in [-0.4, -0.2) is 93.1 Å². The van der Waals surface area contributed by atoms with E-state index in [2.05, 4.69) is 83.4 Å². The summed E-state index contributed by atoms with van der Waals surface area (Å²) in [5.41, 5.74) is 4.55. The largest absolute Gasteiger partial charge is 0.494 e. The molecule has 0 radical (unpaired) electrons. The molecule has 1 unspecified atom stereocenters. The number of hydrogen-bond acceptors (Lipinski definition) is 9. The van der Waals surface area contributed by atoms with Gasteiger partial charge in [0.05, 0.1) is 34.2 Å². The third-order valence-electron chi connectivity index (χ3n) is 10.6. The number of carbonyl (C=O) groups excluding carboxylic acids is 2. The van der Waals surface area contributed by atoms with Crippen LogP contribution in [0.2, 0.25) is 0 Å². The van der Waals surface area contributed by atoms with Crippen LogP contribution in [0.15, 0.2) is 42.5 Å². The van der Waals surface area contributed by atoms with E-state index in [1.807, 2.05) is 19.2 Å². The molecule has 0 spiro atoms. The molecule has 10 nitrogen and oxygen atoms in total. The molecule has 45 heavy (non-hydrogen) atoms. The maximum atomic E-state index is 12.5. The van der Waals surface area contributed by atoms with E-state index in [4.69, 9.17) is 14.7 Å². The highest BCUT2D eigenvalue weighted by molar-refractivity contribution is 6.62. The summed E-state index contributed by atoms with van der Waals surface area (Å²) in [5.74, 6) is -1.24. The van der Waals surface area contributed by atoms with Crippen molar-refractivity contribution < 1.29 is 18.9 Å². The highest BCUT2D eigenvalue weighted by Crippen LogP contribution is 2.37. The van der Waals surface area contributed by atoms with Gasteiger partial charge < -0.3 is 29.8 Å². The highest BCUT2D eigenvalue weighted by atomic mass is 16.7. The number of para-hydroxylation sites is 1. The van der Waals surface area contributed by atoms with Gasteiger partial charge in [-0.15, -0.1) is 0 Å². The first-order valence-corrected chi connectivity index (χ1v) is 16.4. The SMILES string of the molecule is CNc1c(C(=N)C2CCC(=O)NC2=O)cccc1N1CCC(N2CCN(c3ccc(B4OC(C)(C)C(C)(C)O4)cc3)CC2)CC1. The summed E-state index contributed by atoms with van der Waals surface area (Å²) in [6.07, 6.45) is 2.81. The van der Waals surface area contributed by atoms with Gasteiger partial charge in [0.25, 0.3) is 0 Å². The van der Waals surface area contributed by atoms with Gasteiger partial charge in [-0.2, -0.15) is 0 Å². The van der Waals surface area contributed by atoms with Gasteiger partial charge in [0.15, 0.2) is 0 Å². The van der Waals surface area contributed by atoms with E-state index in [1.165, 1.54) is 5.69 Å². The molecule has 4 saturated heterocycles. The number of imide groups is 1. The van der Waals surface area contributed by atoms with Crippen LogP contribution in [0.4, 0.5) is 17.1 Å².